The number of likely N-dealkylation sites (N-methyl/N-ethyl adjacent to an activating group) is 1. The van der Waals surface area contributed by atoms with Gasteiger partial charge in [0.15, 0.2) is 0 Å². The number of hydrogen-bond donors (Lipinski definition) is 2. The van der Waals surface area contributed by atoms with Gasteiger partial charge in [0.1, 0.15) is 6.61 Å². The molecule has 30 heavy (non-hydrogen) atoms. The van der Waals surface area contributed by atoms with Crippen LogP contribution < -0.4 is 0 Å². The summed E-state index contributed by atoms with van der Waals surface area (Å²) in [6.45, 7) is 6.04. The monoisotopic (exact) mass is 420 g/mol. The summed E-state index contributed by atoms with van der Waals surface area (Å²) in [5.41, 5.74) is 0.304. The summed E-state index contributed by atoms with van der Waals surface area (Å²) in [5.74, 6) is 0.330. The van der Waals surface area contributed by atoms with Gasteiger partial charge in [0.25, 0.3) is 0 Å². The predicted octanol–water partition coefficient (Wildman–Crippen LogP) is 4.34. The van der Waals surface area contributed by atoms with Gasteiger partial charge in [-0.2, -0.15) is 0 Å². The molecule has 1 aliphatic rings. The number of carbonyl (C=O) groups is 2. The van der Waals surface area contributed by atoms with Crippen molar-refractivity contribution in [1.29, 1.82) is 0 Å². The van der Waals surface area contributed by atoms with E-state index in [1.54, 1.807) is 7.05 Å². The molecule has 0 heterocycles. The Balaban J connectivity index is 2.06. The molecule has 0 aliphatic heterocycles. The maximum absolute atomic E-state index is 12.5. The lowest BCUT2D eigenvalue weighted by Gasteiger charge is -2.42. The fraction of sp³-hybridized carbons (Fsp3) is 0.652. The standard InChI is InChI=1S/C23H36N2O5/c1-23(2,3)25(21(27)28)19(14-17-10-12-20(26)13-11-17)15-24(4)22(29)30-16-18-8-6-5-7-9-18/h5-9,17,19-20,26H,10-16H2,1-4H3,(H,27,28)/t17?,19-,20?/m0/s1. The van der Waals surface area contributed by atoms with Gasteiger partial charge < -0.3 is 19.8 Å². The minimum Gasteiger partial charge on any atom is -0.465 e. The van der Waals surface area contributed by atoms with Gasteiger partial charge in [-0.05, 0) is 64.4 Å². The molecule has 7 heteroatoms. The van der Waals surface area contributed by atoms with Gasteiger partial charge in [-0.1, -0.05) is 30.3 Å². The quantitative estimate of drug-likeness (QED) is 0.685. The van der Waals surface area contributed by atoms with Crippen LogP contribution >= 0.6 is 0 Å². The minimum atomic E-state index is -0.991. The van der Waals surface area contributed by atoms with Gasteiger partial charge >= 0.3 is 12.2 Å². The fourth-order valence-corrected chi connectivity index (χ4v) is 4.24. The number of benzene rings is 1. The summed E-state index contributed by atoms with van der Waals surface area (Å²) in [4.78, 5) is 27.6. The van der Waals surface area contributed by atoms with E-state index in [4.69, 9.17) is 4.74 Å². The van der Waals surface area contributed by atoms with Gasteiger partial charge in [0.05, 0.1) is 12.1 Å². The lowest BCUT2D eigenvalue weighted by molar-refractivity contribution is 0.0344. The second kappa shape index (κ2) is 10.7. The number of aliphatic hydroxyl groups is 1. The first-order valence-electron chi connectivity index (χ1n) is 10.7. The zero-order chi connectivity index (χ0) is 22.3. The Morgan fingerprint density at radius 1 is 1.13 bits per heavy atom. The zero-order valence-corrected chi connectivity index (χ0v) is 18.6. The number of carboxylic acid groups (broad SMARTS) is 1. The molecule has 7 nitrogen and oxygen atoms in total. The Kier molecular flexibility index (Phi) is 8.53. The molecule has 2 rings (SSSR count). The molecule has 0 unspecified atom stereocenters. The van der Waals surface area contributed by atoms with E-state index in [1.165, 1.54) is 9.80 Å². The van der Waals surface area contributed by atoms with Crippen molar-refractivity contribution in [1.82, 2.24) is 9.80 Å². The van der Waals surface area contributed by atoms with Crippen LogP contribution in [-0.4, -0.2) is 63.5 Å². The summed E-state index contributed by atoms with van der Waals surface area (Å²) in [6, 6.07) is 9.10. The Labute approximate surface area is 179 Å². The highest BCUT2D eigenvalue weighted by Crippen LogP contribution is 2.31. The average Bonchev–Trinajstić information content (AvgIpc) is 2.67. The van der Waals surface area contributed by atoms with E-state index >= 15 is 0 Å². The Morgan fingerprint density at radius 3 is 2.27 bits per heavy atom. The summed E-state index contributed by atoms with van der Waals surface area (Å²) in [5, 5.41) is 19.7. The second-order valence-electron chi connectivity index (χ2n) is 9.31. The molecule has 0 spiro atoms. The molecule has 1 aliphatic carbocycles. The summed E-state index contributed by atoms with van der Waals surface area (Å²) >= 11 is 0. The van der Waals surface area contributed by atoms with Crippen LogP contribution in [0.5, 0.6) is 0 Å². The van der Waals surface area contributed by atoms with Crippen LogP contribution in [0, 0.1) is 5.92 Å². The fourth-order valence-electron chi connectivity index (χ4n) is 4.24. The highest BCUT2D eigenvalue weighted by molar-refractivity contribution is 5.68. The highest BCUT2D eigenvalue weighted by atomic mass is 16.6. The topological polar surface area (TPSA) is 90.3 Å². The molecule has 1 fully saturated rings. The van der Waals surface area contributed by atoms with Crippen LogP contribution in [0.4, 0.5) is 9.59 Å². The number of carbonyl (C=O) groups excluding carboxylic acids is 1. The predicted molar refractivity (Wildman–Crippen MR) is 115 cm³/mol. The average molecular weight is 421 g/mol. The number of ether oxygens (including phenoxy) is 1. The summed E-state index contributed by atoms with van der Waals surface area (Å²) in [6.07, 6.45) is 2.18. The largest absolute Gasteiger partial charge is 0.465 e. The number of aliphatic hydroxyl groups excluding tert-OH is 1. The maximum atomic E-state index is 12.5. The van der Waals surface area contributed by atoms with Crippen molar-refractivity contribution in [3.8, 4) is 0 Å². The van der Waals surface area contributed by atoms with E-state index < -0.39 is 17.7 Å². The smallest absolute Gasteiger partial charge is 0.409 e. The van der Waals surface area contributed by atoms with Crippen LogP contribution in [0.2, 0.25) is 0 Å². The third-order valence-electron chi connectivity index (χ3n) is 5.72. The molecule has 168 valence electrons. The highest BCUT2D eigenvalue weighted by Gasteiger charge is 2.36. The van der Waals surface area contributed by atoms with Crippen LogP contribution in [0.3, 0.4) is 0 Å². The number of amides is 2. The maximum Gasteiger partial charge on any atom is 0.409 e. The van der Waals surface area contributed by atoms with E-state index in [9.17, 15) is 19.8 Å². The van der Waals surface area contributed by atoms with Crippen molar-refractivity contribution in [2.24, 2.45) is 5.92 Å². The van der Waals surface area contributed by atoms with E-state index in [0.717, 1.165) is 31.2 Å². The molecule has 1 aromatic carbocycles. The van der Waals surface area contributed by atoms with Gasteiger partial charge in [-0.15, -0.1) is 0 Å². The Morgan fingerprint density at radius 2 is 1.73 bits per heavy atom. The van der Waals surface area contributed by atoms with E-state index in [-0.39, 0.29) is 25.3 Å². The van der Waals surface area contributed by atoms with Crippen LogP contribution in [-0.2, 0) is 11.3 Å². The number of hydrogen-bond acceptors (Lipinski definition) is 4. The molecule has 1 atom stereocenters. The number of nitrogens with zero attached hydrogens (tertiary/aromatic N) is 2. The lowest BCUT2D eigenvalue weighted by atomic mass is 9.82. The van der Waals surface area contributed by atoms with E-state index in [0.29, 0.717) is 12.3 Å². The van der Waals surface area contributed by atoms with Crippen molar-refractivity contribution in [2.75, 3.05) is 13.6 Å². The SMILES string of the molecule is CN(C[C@H](CC1CCC(O)CC1)N(C(=O)O)C(C)(C)C)C(=O)OCc1ccccc1. The minimum absolute atomic E-state index is 0.178. The van der Waals surface area contributed by atoms with Crippen molar-refractivity contribution in [2.45, 2.75) is 77.2 Å². The van der Waals surface area contributed by atoms with Gasteiger partial charge in [-0.3, -0.25) is 4.90 Å². The van der Waals surface area contributed by atoms with Crippen LogP contribution in [0.1, 0.15) is 58.4 Å². The third-order valence-corrected chi connectivity index (χ3v) is 5.72. The van der Waals surface area contributed by atoms with E-state index in [1.807, 2.05) is 51.1 Å². The first-order valence-corrected chi connectivity index (χ1v) is 10.7. The first-order chi connectivity index (χ1) is 14.1. The van der Waals surface area contributed by atoms with E-state index in [2.05, 4.69) is 0 Å². The van der Waals surface area contributed by atoms with Crippen molar-refractivity contribution >= 4 is 12.2 Å². The molecule has 0 saturated heterocycles. The molecule has 1 aromatic rings. The summed E-state index contributed by atoms with van der Waals surface area (Å²) in [7, 11) is 1.65. The second-order valence-corrected chi connectivity index (χ2v) is 9.31. The zero-order valence-electron chi connectivity index (χ0n) is 18.6. The molecule has 1 saturated carbocycles. The molecule has 0 aromatic heterocycles. The van der Waals surface area contributed by atoms with Crippen molar-refractivity contribution in [3.63, 3.8) is 0 Å². The van der Waals surface area contributed by atoms with Crippen molar-refractivity contribution in [3.05, 3.63) is 35.9 Å². The lowest BCUT2D eigenvalue weighted by Crippen LogP contribution is -2.55. The molecule has 0 radical (unpaired) electrons. The molecular weight excluding hydrogens is 384 g/mol. The van der Waals surface area contributed by atoms with Crippen molar-refractivity contribution < 1.29 is 24.5 Å². The Hall–Kier alpha value is -2.28. The normalized spacial score (nSPS) is 20.3. The molecule has 2 N–H and O–H groups in total. The number of rotatable bonds is 7. The molecule has 2 amide bonds. The molecule has 0 bridgehead atoms. The van der Waals surface area contributed by atoms with Gasteiger partial charge in [-0.25, -0.2) is 9.59 Å². The third kappa shape index (κ3) is 7.20. The van der Waals surface area contributed by atoms with Gasteiger partial charge in [0, 0.05) is 19.1 Å². The van der Waals surface area contributed by atoms with Crippen LogP contribution in [0.15, 0.2) is 30.3 Å². The molecular formula is C23H36N2O5. The van der Waals surface area contributed by atoms with Crippen LogP contribution in [0.25, 0.3) is 0 Å². The Bertz CT molecular complexity index is 681. The summed E-state index contributed by atoms with van der Waals surface area (Å²) < 4.78 is 5.41. The first kappa shape index (κ1) is 24.0. The van der Waals surface area contributed by atoms with Gasteiger partial charge in [0.2, 0.25) is 0 Å².